The van der Waals surface area contributed by atoms with Crippen LogP contribution in [0, 0.1) is 17.0 Å². The lowest BCUT2D eigenvalue weighted by molar-refractivity contribution is -0.757. The molecule has 3 aromatic rings. The molecule has 1 amide bonds. The SMILES string of the molecule is Cc1c(CC(=O)N[C@@H](CCO[N+](=O)[O-])C(=O)O)cc(-c2ccc(S(C)(=O)=O)cc2)n1-c1ccccc1. The molecule has 0 aliphatic rings. The average Bonchev–Trinajstić information content (AvgIpc) is 3.14. The number of nitrogens with zero attached hydrogens (tertiary/aromatic N) is 2. The second kappa shape index (κ2) is 11.0. The Bertz CT molecular complexity index is 1370. The number of carbonyl (C=O) groups excluding carboxylic acids is 1. The largest absolute Gasteiger partial charge is 0.480 e. The first-order valence-corrected chi connectivity index (χ1v) is 12.7. The molecule has 0 saturated carbocycles. The predicted molar refractivity (Wildman–Crippen MR) is 130 cm³/mol. The van der Waals surface area contributed by atoms with Gasteiger partial charge in [0, 0.05) is 24.1 Å². The van der Waals surface area contributed by atoms with Crippen molar-refractivity contribution in [2.24, 2.45) is 0 Å². The van der Waals surface area contributed by atoms with E-state index in [4.69, 9.17) is 0 Å². The lowest BCUT2D eigenvalue weighted by Crippen LogP contribution is -2.42. The molecule has 1 atom stereocenters. The number of hydrogen-bond acceptors (Lipinski definition) is 7. The van der Waals surface area contributed by atoms with Crippen LogP contribution in [0.1, 0.15) is 17.7 Å². The molecular weight excluding hydrogens is 490 g/mol. The minimum absolute atomic E-state index is 0.139. The number of aliphatic carboxylic acids is 1. The normalized spacial score (nSPS) is 12.1. The summed E-state index contributed by atoms with van der Waals surface area (Å²) in [4.78, 5) is 38.8. The Hall–Kier alpha value is -4.19. The fourth-order valence-corrected chi connectivity index (χ4v) is 4.38. The number of nitrogens with one attached hydrogen (secondary N) is 1. The smallest absolute Gasteiger partial charge is 0.326 e. The van der Waals surface area contributed by atoms with Crippen LogP contribution in [-0.4, -0.2) is 54.0 Å². The van der Waals surface area contributed by atoms with E-state index in [1.54, 1.807) is 18.2 Å². The highest BCUT2D eigenvalue weighted by Gasteiger charge is 2.23. The van der Waals surface area contributed by atoms with Crippen molar-refractivity contribution < 1.29 is 33.0 Å². The molecule has 0 bridgehead atoms. The highest BCUT2D eigenvalue weighted by atomic mass is 32.2. The van der Waals surface area contributed by atoms with Gasteiger partial charge in [-0.25, -0.2) is 13.2 Å². The van der Waals surface area contributed by atoms with Crippen molar-refractivity contribution in [3.63, 3.8) is 0 Å². The molecule has 3 rings (SSSR count). The quantitative estimate of drug-likeness (QED) is 0.291. The number of aromatic nitrogens is 1. The van der Waals surface area contributed by atoms with Gasteiger partial charge in [0.15, 0.2) is 9.84 Å². The molecule has 36 heavy (non-hydrogen) atoms. The number of para-hydroxylation sites is 1. The Balaban J connectivity index is 1.92. The minimum Gasteiger partial charge on any atom is -0.480 e. The number of carboxylic acid groups (broad SMARTS) is 1. The van der Waals surface area contributed by atoms with Gasteiger partial charge in [-0.1, -0.05) is 30.3 Å². The number of benzene rings is 2. The van der Waals surface area contributed by atoms with Crippen LogP contribution in [0.5, 0.6) is 0 Å². The van der Waals surface area contributed by atoms with Crippen molar-refractivity contribution in [3.8, 4) is 16.9 Å². The van der Waals surface area contributed by atoms with Gasteiger partial charge in [0.05, 0.1) is 23.6 Å². The third-order valence-electron chi connectivity index (χ3n) is 5.53. The molecule has 0 unspecified atom stereocenters. The first kappa shape index (κ1) is 26.4. The molecule has 12 heteroatoms. The van der Waals surface area contributed by atoms with E-state index in [1.807, 2.05) is 41.8 Å². The van der Waals surface area contributed by atoms with Crippen LogP contribution in [0.2, 0.25) is 0 Å². The maximum Gasteiger partial charge on any atom is 0.326 e. The second-order valence-electron chi connectivity index (χ2n) is 8.09. The van der Waals surface area contributed by atoms with E-state index in [-0.39, 0.29) is 17.7 Å². The van der Waals surface area contributed by atoms with Gasteiger partial charge in [-0.3, -0.25) is 4.79 Å². The fraction of sp³-hybridized carbons (Fsp3) is 0.250. The molecule has 0 aliphatic carbocycles. The summed E-state index contributed by atoms with van der Waals surface area (Å²) in [5.74, 6) is -1.91. The Kier molecular flexibility index (Phi) is 8.10. The zero-order chi connectivity index (χ0) is 26.5. The van der Waals surface area contributed by atoms with Crippen LogP contribution in [-0.2, 0) is 30.7 Å². The second-order valence-corrected chi connectivity index (χ2v) is 10.1. The van der Waals surface area contributed by atoms with Crippen molar-refractivity contribution in [2.75, 3.05) is 12.9 Å². The highest BCUT2D eigenvalue weighted by Crippen LogP contribution is 2.30. The number of rotatable bonds is 11. The number of carbonyl (C=O) groups is 2. The third-order valence-corrected chi connectivity index (χ3v) is 6.66. The number of amides is 1. The first-order valence-electron chi connectivity index (χ1n) is 10.8. The summed E-state index contributed by atoms with van der Waals surface area (Å²) in [6, 6.07) is 16.2. The van der Waals surface area contributed by atoms with E-state index in [9.17, 15) is 33.2 Å². The minimum atomic E-state index is -3.37. The van der Waals surface area contributed by atoms with E-state index in [1.165, 1.54) is 12.1 Å². The zero-order valence-corrected chi connectivity index (χ0v) is 20.4. The van der Waals surface area contributed by atoms with Gasteiger partial charge in [-0.05, 0) is 48.4 Å². The van der Waals surface area contributed by atoms with Gasteiger partial charge in [0.25, 0.3) is 5.09 Å². The topological polar surface area (TPSA) is 158 Å². The van der Waals surface area contributed by atoms with Gasteiger partial charge in [0.1, 0.15) is 6.04 Å². The summed E-state index contributed by atoms with van der Waals surface area (Å²) >= 11 is 0. The van der Waals surface area contributed by atoms with Gasteiger partial charge in [-0.2, -0.15) is 0 Å². The van der Waals surface area contributed by atoms with Crippen molar-refractivity contribution in [3.05, 3.63) is 82.0 Å². The summed E-state index contributed by atoms with van der Waals surface area (Å²) in [6.07, 6.45) is 0.716. The summed E-state index contributed by atoms with van der Waals surface area (Å²) in [7, 11) is -3.37. The summed E-state index contributed by atoms with van der Waals surface area (Å²) < 4.78 is 25.6. The van der Waals surface area contributed by atoms with Crippen molar-refractivity contribution >= 4 is 21.7 Å². The van der Waals surface area contributed by atoms with Crippen molar-refractivity contribution in [1.82, 2.24) is 9.88 Å². The predicted octanol–water partition coefficient (Wildman–Crippen LogP) is 2.57. The summed E-state index contributed by atoms with van der Waals surface area (Å²) in [6.45, 7) is 1.35. The Morgan fingerprint density at radius 3 is 2.33 bits per heavy atom. The van der Waals surface area contributed by atoms with E-state index < -0.39 is 39.4 Å². The number of hydrogen-bond donors (Lipinski definition) is 2. The van der Waals surface area contributed by atoms with Crippen LogP contribution in [0.15, 0.2) is 65.6 Å². The lowest BCUT2D eigenvalue weighted by atomic mass is 10.1. The van der Waals surface area contributed by atoms with Gasteiger partial charge < -0.3 is 19.8 Å². The third kappa shape index (κ3) is 6.48. The van der Waals surface area contributed by atoms with Crippen LogP contribution >= 0.6 is 0 Å². The Morgan fingerprint density at radius 1 is 1.14 bits per heavy atom. The molecule has 11 nitrogen and oxygen atoms in total. The maximum absolute atomic E-state index is 12.7. The fourth-order valence-electron chi connectivity index (χ4n) is 3.75. The van der Waals surface area contributed by atoms with Gasteiger partial charge in [0.2, 0.25) is 5.91 Å². The maximum atomic E-state index is 12.7. The van der Waals surface area contributed by atoms with Crippen molar-refractivity contribution in [1.29, 1.82) is 0 Å². The molecule has 1 aromatic heterocycles. The molecule has 2 aromatic carbocycles. The molecule has 0 radical (unpaired) electrons. The van der Waals surface area contributed by atoms with Gasteiger partial charge >= 0.3 is 5.97 Å². The highest BCUT2D eigenvalue weighted by molar-refractivity contribution is 7.90. The van der Waals surface area contributed by atoms with Crippen molar-refractivity contribution in [2.45, 2.75) is 30.7 Å². The van der Waals surface area contributed by atoms with Crippen LogP contribution in [0.25, 0.3) is 16.9 Å². The van der Waals surface area contributed by atoms with E-state index in [0.29, 0.717) is 5.56 Å². The standard InChI is InChI=1S/C24H25N3O8S/c1-16-18(15-23(28)25-21(24(29)30)12-13-35-27(31)32)14-22(26(16)19-6-4-3-5-7-19)17-8-10-20(11-9-17)36(2,33)34/h3-11,14,21H,12-13,15H2,1-2H3,(H,25,28)(H,29,30)/t21-/m0/s1. The zero-order valence-electron chi connectivity index (χ0n) is 19.6. The summed E-state index contributed by atoms with van der Waals surface area (Å²) in [5.41, 5.74) is 3.63. The molecule has 2 N–H and O–H groups in total. The molecular formula is C24H25N3O8S. The van der Waals surface area contributed by atoms with Gasteiger partial charge in [-0.15, -0.1) is 10.1 Å². The Morgan fingerprint density at radius 2 is 1.78 bits per heavy atom. The Labute approximate surface area is 207 Å². The molecule has 0 saturated heterocycles. The molecule has 1 heterocycles. The van der Waals surface area contributed by atoms with E-state index >= 15 is 0 Å². The van der Waals surface area contributed by atoms with E-state index in [0.717, 1.165) is 28.9 Å². The molecule has 190 valence electrons. The van der Waals surface area contributed by atoms with Crippen LogP contribution < -0.4 is 5.32 Å². The molecule has 0 fully saturated rings. The molecule has 0 aliphatic heterocycles. The van der Waals surface area contributed by atoms with Crippen LogP contribution in [0.3, 0.4) is 0 Å². The van der Waals surface area contributed by atoms with Crippen LogP contribution in [0.4, 0.5) is 0 Å². The lowest BCUT2D eigenvalue weighted by Gasteiger charge is -2.14. The monoisotopic (exact) mass is 515 g/mol. The summed E-state index contributed by atoms with van der Waals surface area (Å²) in [5, 5.41) is 21.0. The number of sulfone groups is 1. The first-order chi connectivity index (χ1) is 17.0. The number of carboxylic acids is 1. The molecule has 0 spiro atoms. The average molecular weight is 516 g/mol. The van der Waals surface area contributed by atoms with E-state index in [2.05, 4.69) is 10.2 Å².